The van der Waals surface area contributed by atoms with Crippen LogP contribution in [0.5, 0.6) is 0 Å². The van der Waals surface area contributed by atoms with Gasteiger partial charge in [-0.2, -0.15) is 5.26 Å². The second-order valence-electron chi connectivity index (χ2n) is 5.07. The van der Waals surface area contributed by atoms with Crippen LogP contribution in [0.25, 0.3) is 0 Å². The minimum absolute atomic E-state index is 0.0224. The summed E-state index contributed by atoms with van der Waals surface area (Å²) in [4.78, 5) is 0. The molecular weight excluding hydrogens is 260 g/mol. The van der Waals surface area contributed by atoms with Crippen LogP contribution >= 0.6 is 0 Å². The fourth-order valence-corrected chi connectivity index (χ4v) is 3.63. The van der Waals surface area contributed by atoms with Crippen molar-refractivity contribution in [3.63, 3.8) is 0 Å². The molecule has 0 aliphatic heterocycles. The smallest absolute Gasteiger partial charge is 0.215 e. The Hall–Kier alpha value is -1.38. The number of nitrogens with one attached hydrogen (secondary N) is 1. The zero-order valence-electron chi connectivity index (χ0n) is 10.8. The molecule has 102 valence electrons. The van der Waals surface area contributed by atoms with Crippen LogP contribution < -0.4 is 4.72 Å². The summed E-state index contributed by atoms with van der Waals surface area (Å²) in [7, 11) is -3.27. The van der Waals surface area contributed by atoms with E-state index < -0.39 is 10.0 Å². The van der Waals surface area contributed by atoms with E-state index in [-0.39, 0.29) is 5.75 Å². The summed E-state index contributed by atoms with van der Waals surface area (Å²) in [5, 5.41) is 8.69. The summed E-state index contributed by atoms with van der Waals surface area (Å²) in [5.74, 6) is 0.474. The molecule has 2 rings (SSSR count). The summed E-state index contributed by atoms with van der Waals surface area (Å²) in [6.45, 7) is 0.554. The number of hydrogen-bond acceptors (Lipinski definition) is 3. The molecule has 0 saturated heterocycles. The van der Waals surface area contributed by atoms with Crippen LogP contribution in [0.3, 0.4) is 0 Å². The Morgan fingerprint density at radius 1 is 1.21 bits per heavy atom. The van der Waals surface area contributed by atoms with Crippen molar-refractivity contribution in [2.24, 2.45) is 5.92 Å². The highest BCUT2D eigenvalue weighted by Crippen LogP contribution is 2.24. The van der Waals surface area contributed by atoms with Gasteiger partial charge in [0.2, 0.25) is 10.0 Å². The molecule has 0 bridgehead atoms. The summed E-state index contributed by atoms with van der Waals surface area (Å²) in [5.41, 5.74) is 1.25. The molecule has 1 N–H and O–H groups in total. The Morgan fingerprint density at radius 3 is 2.42 bits per heavy atom. The van der Waals surface area contributed by atoms with E-state index in [0.717, 1.165) is 12.8 Å². The van der Waals surface area contributed by atoms with Gasteiger partial charge < -0.3 is 0 Å². The Labute approximate surface area is 114 Å². The third-order valence-electron chi connectivity index (χ3n) is 3.51. The molecule has 0 radical (unpaired) electrons. The van der Waals surface area contributed by atoms with E-state index in [1.54, 1.807) is 24.3 Å². The maximum atomic E-state index is 11.9. The van der Waals surface area contributed by atoms with Crippen molar-refractivity contribution in [1.82, 2.24) is 4.72 Å². The summed E-state index contributed by atoms with van der Waals surface area (Å²) in [6.07, 6.45) is 4.67. The summed E-state index contributed by atoms with van der Waals surface area (Å²) >= 11 is 0. The van der Waals surface area contributed by atoms with Gasteiger partial charge in [0.25, 0.3) is 0 Å². The molecule has 4 nitrogen and oxygen atoms in total. The lowest BCUT2D eigenvalue weighted by molar-refractivity contribution is 0.519. The standard InChI is InChI=1S/C14H18N2O2S/c15-9-12-5-7-14(8-6-12)11-19(17,18)16-10-13-3-1-2-4-13/h5-8,13,16H,1-4,10-11H2. The van der Waals surface area contributed by atoms with Gasteiger partial charge in [0.1, 0.15) is 0 Å². The van der Waals surface area contributed by atoms with Gasteiger partial charge >= 0.3 is 0 Å². The fraction of sp³-hybridized carbons (Fsp3) is 0.500. The number of sulfonamides is 1. The zero-order valence-corrected chi connectivity index (χ0v) is 11.6. The SMILES string of the molecule is N#Cc1ccc(CS(=O)(=O)NCC2CCCC2)cc1. The monoisotopic (exact) mass is 278 g/mol. The molecule has 1 aromatic carbocycles. The first-order valence-electron chi connectivity index (χ1n) is 6.55. The maximum absolute atomic E-state index is 11.9. The van der Waals surface area contributed by atoms with Crippen LogP contribution in [0.1, 0.15) is 36.8 Å². The number of nitriles is 1. The lowest BCUT2D eigenvalue weighted by Crippen LogP contribution is -2.29. The second kappa shape index (κ2) is 6.18. The van der Waals surface area contributed by atoms with Crippen molar-refractivity contribution in [3.05, 3.63) is 35.4 Å². The van der Waals surface area contributed by atoms with Crippen molar-refractivity contribution >= 4 is 10.0 Å². The van der Waals surface area contributed by atoms with Crippen molar-refractivity contribution in [2.45, 2.75) is 31.4 Å². The highest BCUT2D eigenvalue weighted by atomic mass is 32.2. The minimum Gasteiger partial charge on any atom is -0.215 e. The van der Waals surface area contributed by atoms with Crippen LogP contribution in [0.4, 0.5) is 0 Å². The van der Waals surface area contributed by atoms with Crippen molar-refractivity contribution < 1.29 is 8.42 Å². The molecule has 1 aliphatic carbocycles. The molecule has 0 atom stereocenters. The van der Waals surface area contributed by atoms with Gasteiger partial charge in [-0.05, 0) is 36.5 Å². The Kier molecular flexibility index (Phi) is 4.56. The van der Waals surface area contributed by atoms with E-state index in [1.807, 2.05) is 6.07 Å². The average Bonchev–Trinajstić information content (AvgIpc) is 2.90. The molecule has 5 heteroatoms. The fourth-order valence-electron chi connectivity index (χ4n) is 2.41. The predicted octanol–water partition coefficient (Wildman–Crippen LogP) is 2.17. The van der Waals surface area contributed by atoms with Crippen molar-refractivity contribution in [2.75, 3.05) is 6.54 Å². The van der Waals surface area contributed by atoms with Crippen LogP contribution in [0.15, 0.2) is 24.3 Å². The topological polar surface area (TPSA) is 70.0 Å². The molecule has 0 heterocycles. The van der Waals surface area contributed by atoms with Gasteiger partial charge in [0.15, 0.2) is 0 Å². The van der Waals surface area contributed by atoms with Crippen molar-refractivity contribution in [3.8, 4) is 6.07 Å². The third-order valence-corrected chi connectivity index (χ3v) is 4.83. The second-order valence-corrected chi connectivity index (χ2v) is 6.87. The molecule has 0 aromatic heterocycles. The number of benzene rings is 1. The van der Waals surface area contributed by atoms with E-state index in [9.17, 15) is 8.42 Å². The Balaban J connectivity index is 1.90. The molecular formula is C14H18N2O2S. The van der Waals surface area contributed by atoms with Gasteiger partial charge in [-0.15, -0.1) is 0 Å². The van der Waals surface area contributed by atoms with Crippen LogP contribution in [-0.2, 0) is 15.8 Å². The van der Waals surface area contributed by atoms with Gasteiger partial charge in [-0.25, -0.2) is 13.1 Å². The third kappa shape index (κ3) is 4.34. The van der Waals surface area contributed by atoms with Gasteiger partial charge in [-0.3, -0.25) is 0 Å². The van der Waals surface area contributed by atoms with E-state index >= 15 is 0 Å². The number of nitrogens with zero attached hydrogens (tertiary/aromatic N) is 1. The maximum Gasteiger partial charge on any atom is 0.215 e. The lowest BCUT2D eigenvalue weighted by Gasteiger charge is -2.11. The zero-order chi connectivity index (χ0) is 13.7. The summed E-state index contributed by atoms with van der Waals surface area (Å²) < 4.78 is 26.6. The normalized spacial score (nSPS) is 16.4. The van der Waals surface area contributed by atoms with Crippen LogP contribution in [-0.4, -0.2) is 15.0 Å². The lowest BCUT2D eigenvalue weighted by atomic mass is 10.1. The predicted molar refractivity (Wildman–Crippen MR) is 73.7 cm³/mol. The first-order valence-corrected chi connectivity index (χ1v) is 8.21. The number of hydrogen-bond donors (Lipinski definition) is 1. The molecule has 0 spiro atoms. The molecule has 1 saturated carbocycles. The quantitative estimate of drug-likeness (QED) is 0.897. The van der Waals surface area contributed by atoms with Gasteiger partial charge in [0, 0.05) is 6.54 Å². The van der Waals surface area contributed by atoms with Crippen LogP contribution in [0.2, 0.25) is 0 Å². The Bertz CT molecular complexity index is 552. The summed E-state index contributed by atoms with van der Waals surface area (Å²) in [6, 6.07) is 8.67. The first kappa shape index (κ1) is 14.0. The molecule has 1 aliphatic rings. The Morgan fingerprint density at radius 2 is 1.84 bits per heavy atom. The molecule has 0 unspecified atom stereocenters. The average molecular weight is 278 g/mol. The molecule has 1 aromatic rings. The van der Waals surface area contributed by atoms with Crippen LogP contribution in [0, 0.1) is 17.2 Å². The van der Waals surface area contributed by atoms with E-state index in [0.29, 0.717) is 23.6 Å². The van der Waals surface area contributed by atoms with Crippen molar-refractivity contribution in [1.29, 1.82) is 5.26 Å². The minimum atomic E-state index is -3.27. The van der Waals surface area contributed by atoms with E-state index in [2.05, 4.69) is 4.72 Å². The molecule has 19 heavy (non-hydrogen) atoms. The highest BCUT2D eigenvalue weighted by Gasteiger charge is 2.18. The van der Waals surface area contributed by atoms with E-state index in [4.69, 9.17) is 5.26 Å². The van der Waals surface area contributed by atoms with E-state index in [1.165, 1.54) is 12.8 Å². The van der Waals surface area contributed by atoms with Gasteiger partial charge in [-0.1, -0.05) is 25.0 Å². The highest BCUT2D eigenvalue weighted by molar-refractivity contribution is 7.88. The molecule has 0 amide bonds. The van der Waals surface area contributed by atoms with Gasteiger partial charge in [0.05, 0.1) is 17.4 Å². The largest absolute Gasteiger partial charge is 0.215 e. The number of rotatable bonds is 5. The molecule has 1 fully saturated rings. The first-order chi connectivity index (χ1) is 9.09.